The lowest BCUT2D eigenvalue weighted by atomic mass is 10.1. The van der Waals surface area contributed by atoms with Crippen molar-refractivity contribution < 1.29 is 0 Å². The molecule has 0 unspecified atom stereocenters. The van der Waals surface area contributed by atoms with Gasteiger partial charge in [-0.15, -0.1) is 0 Å². The zero-order chi connectivity index (χ0) is 22.1. The topological polar surface area (TPSA) is 43.6 Å². The summed E-state index contributed by atoms with van der Waals surface area (Å²) in [6.07, 6.45) is 5.32. The van der Waals surface area contributed by atoms with Gasteiger partial charge in [0.15, 0.2) is 11.6 Å². The number of hydrogen-bond donors (Lipinski definition) is 0. The molecule has 0 saturated heterocycles. The van der Waals surface area contributed by atoms with Crippen LogP contribution in [0.25, 0.3) is 44.7 Å². The molecule has 0 amide bonds. The number of hydrogen-bond acceptors (Lipinski definition) is 3. The first kappa shape index (κ1) is 19.6. The zero-order valence-electron chi connectivity index (χ0n) is 17.9. The molecule has 0 aliphatic rings. The van der Waals surface area contributed by atoms with E-state index in [1.54, 1.807) is 12.2 Å². The Morgan fingerprint density at radius 2 is 1.56 bits per heavy atom. The molecule has 5 aromatic rings. The van der Waals surface area contributed by atoms with E-state index in [1.165, 1.54) is 10.8 Å². The third-order valence-electron chi connectivity index (χ3n) is 5.53. The summed E-state index contributed by atoms with van der Waals surface area (Å²) < 4.78 is 2.13. The zero-order valence-corrected chi connectivity index (χ0v) is 17.9. The van der Waals surface area contributed by atoms with Crippen LogP contribution >= 0.6 is 0 Å². The molecule has 5 rings (SSSR count). The first-order valence-electron chi connectivity index (χ1n) is 10.5. The van der Waals surface area contributed by atoms with Crippen LogP contribution in [0.4, 0.5) is 0 Å². The smallest absolute Gasteiger partial charge is 0.238 e. The molecule has 0 fully saturated rings. The van der Waals surface area contributed by atoms with Crippen LogP contribution in [0.3, 0.4) is 0 Å². The van der Waals surface area contributed by atoms with Gasteiger partial charge in [0.1, 0.15) is 0 Å². The summed E-state index contributed by atoms with van der Waals surface area (Å²) in [7, 11) is 0. The Bertz CT molecular complexity index is 1510. The van der Waals surface area contributed by atoms with Crippen LogP contribution in [0.1, 0.15) is 11.4 Å². The van der Waals surface area contributed by atoms with Crippen molar-refractivity contribution in [1.29, 1.82) is 0 Å². The number of benzene rings is 3. The quantitative estimate of drug-likeness (QED) is 0.301. The number of rotatable bonds is 5. The van der Waals surface area contributed by atoms with Crippen molar-refractivity contribution in [2.45, 2.75) is 6.92 Å². The Morgan fingerprint density at radius 1 is 0.812 bits per heavy atom. The SMILES string of the molecule is C=C/C=C(\C=C)c1nc(-c2ccccc2)nc(-n2c3ccccc3c3cccc(C)c32)n1. The Labute approximate surface area is 186 Å². The minimum atomic E-state index is 0.559. The molecule has 32 heavy (non-hydrogen) atoms. The molecule has 3 aromatic carbocycles. The summed E-state index contributed by atoms with van der Waals surface area (Å²) >= 11 is 0. The van der Waals surface area contributed by atoms with Crippen molar-refractivity contribution in [3.63, 3.8) is 0 Å². The monoisotopic (exact) mass is 414 g/mol. The summed E-state index contributed by atoms with van der Waals surface area (Å²) in [6.45, 7) is 9.88. The van der Waals surface area contributed by atoms with Gasteiger partial charge in [-0.2, -0.15) is 9.97 Å². The van der Waals surface area contributed by atoms with Crippen LogP contribution in [-0.4, -0.2) is 19.5 Å². The van der Waals surface area contributed by atoms with E-state index >= 15 is 0 Å². The molecule has 2 heterocycles. The van der Waals surface area contributed by atoms with Gasteiger partial charge in [-0.05, 0) is 18.6 Å². The second-order valence-electron chi connectivity index (χ2n) is 7.53. The van der Waals surface area contributed by atoms with Gasteiger partial charge in [0.25, 0.3) is 0 Å². The molecule has 0 spiro atoms. The van der Waals surface area contributed by atoms with Gasteiger partial charge in [-0.1, -0.05) is 98.1 Å². The predicted octanol–water partition coefficient (Wildman–Crippen LogP) is 6.70. The van der Waals surface area contributed by atoms with Gasteiger partial charge in [-0.25, -0.2) is 4.98 Å². The molecule has 4 nitrogen and oxygen atoms in total. The molecular formula is C28H22N4. The summed E-state index contributed by atoms with van der Waals surface area (Å²) in [5.74, 6) is 1.75. The molecule has 0 aliphatic carbocycles. The first-order chi connectivity index (χ1) is 15.7. The normalized spacial score (nSPS) is 11.7. The van der Waals surface area contributed by atoms with E-state index in [9.17, 15) is 0 Å². The van der Waals surface area contributed by atoms with Crippen LogP contribution in [0.5, 0.6) is 0 Å². The molecule has 154 valence electrons. The fraction of sp³-hybridized carbons (Fsp3) is 0.0357. The molecule has 4 heteroatoms. The Balaban J connectivity index is 1.90. The van der Waals surface area contributed by atoms with E-state index in [0.29, 0.717) is 17.6 Å². The van der Waals surface area contributed by atoms with Gasteiger partial charge in [-0.3, -0.25) is 4.57 Å². The van der Waals surface area contributed by atoms with Crippen molar-refractivity contribution in [3.8, 4) is 17.3 Å². The van der Waals surface area contributed by atoms with E-state index in [4.69, 9.17) is 15.0 Å². The van der Waals surface area contributed by atoms with Crippen LogP contribution in [0.2, 0.25) is 0 Å². The fourth-order valence-corrected chi connectivity index (χ4v) is 4.07. The maximum atomic E-state index is 4.92. The molecule has 0 saturated carbocycles. The maximum absolute atomic E-state index is 4.92. The van der Waals surface area contributed by atoms with Crippen molar-refractivity contribution in [2.24, 2.45) is 0 Å². The van der Waals surface area contributed by atoms with Crippen molar-refractivity contribution >= 4 is 27.4 Å². The third kappa shape index (κ3) is 3.22. The lowest BCUT2D eigenvalue weighted by Gasteiger charge is -2.11. The lowest BCUT2D eigenvalue weighted by Crippen LogP contribution is -2.08. The maximum Gasteiger partial charge on any atom is 0.238 e. The average Bonchev–Trinajstić information content (AvgIpc) is 3.19. The minimum Gasteiger partial charge on any atom is -0.278 e. The molecular weight excluding hydrogens is 392 g/mol. The largest absolute Gasteiger partial charge is 0.278 e. The number of fused-ring (bicyclic) bond motifs is 3. The van der Waals surface area contributed by atoms with Crippen molar-refractivity contribution in [1.82, 2.24) is 19.5 Å². The van der Waals surface area contributed by atoms with Crippen LogP contribution in [-0.2, 0) is 0 Å². The lowest BCUT2D eigenvalue weighted by molar-refractivity contribution is 0.931. The van der Waals surface area contributed by atoms with Crippen LogP contribution < -0.4 is 0 Å². The molecule has 0 bridgehead atoms. The van der Waals surface area contributed by atoms with Crippen molar-refractivity contribution in [3.05, 3.63) is 116 Å². The summed E-state index contributed by atoms with van der Waals surface area (Å²) in [4.78, 5) is 14.6. The number of nitrogens with zero attached hydrogens (tertiary/aromatic N) is 4. The van der Waals surface area contributed by atoms with E-state index in [-0.39, 0.29) is 0 Å². The Morgan fingerprint density at radius 3 is 2.34 bits per heavy atom. The molecule has 0 N–H and O–H groups in total. The number of allylic oxidation sites excluding steroid dienone is 4. The fourth-order valence-electron chi connectivity index (χ4n) is 4.07. The highest BCUT2D eigenvalue weighted by atomic mass is 15.2. The second-order valence-corrected chi connectivity index (χ2v) is 7.53. The highest BCUT2D eigenvalue weighted by Crippen LogP contribution is 2.33. The van der Waals surface area contributed by atoms with Gasteiger partial charge in [0.05, 0.1) is 11.0 Å². The standard InChI is InChI=1S/C28H22N4/c1-4-12-20(5-2)26-29-27(21-14-7-6-8-15-21)31-28(30-26)32-24-18-10-9-16-22(24)23-17-11-13-19(3)25(23)32/h4-18H,1-2H2,3H3/b20-12+. The Kier molecular flexibility index (Phi) is 4.96. The highest BCUT2D eigenvalue weighted by molar-refractivity contribution is 6.10. The van der Waals surface area contributed by atoms with E-state index in [2.05, 4.69) is 61.0 Å². The molecule has 2 aromatic heterocycles. The van der Waals surface area contributed by atoms with Crippen molar-refractivity contribution in [2.75, 3.05) is 0 Å². The van der Waals surface area contributed by atoms with Crippen LogP contribution in [0, 0.1) is 6.92 Å². The van der Waals surface area contributed by atoms with Crippen LogP contribution in [0.15, 0.2) is 104 Å². The van der Waals surface area contributed by atoms with E-state index in [0.717, 1.165) is 27.7 Å². The minimum absolute atomic E-state index is 0.559. The molecule has 0 aliphatic heterocycles. The molecule has 0 radical (unpaired) electrons. The third-order valence-corrected chi connectivity index (χ3v) is 5.53. The highest BCUT2D eigenvalue weighted by Gasteiger charge is 2.18. The summed E-state index contributed by atoms with van der Waals surface area (Å²) in [5.41, 5.74) is 5.03. The summed E-state index contributed by atoms with van der Waals surface area (Å²) in [5, 5.41) is 2.34. The first-order valence-corrected chi connectivity index (χ1v) is 10.5. The van der Waals surface area contributed by atoms with E-state index < -0.39 is 0 Å². The van der Waals surface area contributed by atoms with Gasteiger partial charge in [0, 0.05) is 21.9 Å². The van der Waals surface area contributed by atoms with Gasteiger partial charge < -0.3 is 0 Å². The number of aryl methyl sites for hydroxylation is 1. The number of aromatic nitrogens is 4. The Hall–Kier alpha value is -4.31. The molecule has 0 atom stereocenters. The predicted molar refractivity (Wildman–Crippen MR) is 133 cm³/mol. The van der Waals surface area contributed by atoms with E-state index in [1.807, 2.05) is 42.5 Å². The van der Waals surface area contributed by atoms with Gasteiger partial charge in [0.2, 0.25) is 5.95 Å². The second kappa shape index (κ2) is 8.08. The summed E-state index contributed by atoms with van der Waals surface area (Å²) in [6, 6.07) is 24.7. The number of para-hydroxylation sites is 2. The average molecular weight is 415 g/mol. The van der Waals surface area contributed by atoms with Gasteiger partial charge >= 0.3 is 0 Å².